The molecule has 4 heteroatoms. The third-order valence-corrected chi connectivity index (χ3v) is 5.69. The van der Waals surface area contributed by atoms with E-state index in [-0.39, 0.29) is 6.04 Å². The lowest BCUT2D eigenvalue weighted by Gasteiger charge is -2.27. The SMILES string of the molecule is Cc1ccc(C2=C[C@@H](c3cccc(Cl)c3)n3c(nc4ccccc43)N2)cc1C. The highest BCUT2D eigenvalue weighted by Crippen LogP contribution is 2.37. The molecule has 3 nitrogen and oxygen atoms in total. The zero-order valence-electron chi connectivity index (χ0n) is 15.8. The number of imidazole rings is 1. The van der Waals surface area contributed by atoms with Crippen LogP contribution in [0.15, 0.2) is 72.8 Å². The standard InChI is InChI=1S/C24H20ClN3/c1-15-10-11-17(12-16(15)2)21-14-23(18-6-5-7-19(25)13-18)28-22-9-4-3-8-20(22)26-24(28)27-21/h3-14,23H,1-2H3,(H,26,27)/t23-/m0/s1. The minimum atomic E-state index is 0.0129. The maximum atomic E-state index is 6.31. The molecule has 0 radical (unpaired) electrons. The number of rotatable bonds is 2. The molecule has 1 N–H and O–H groups in total. The van der Waals surface area contributed by atoms with Gasteiger partial charge in [-0.3, -0.25) is 4.57 Å². The van der Waals surface area contributed by atoms with Crippen molar-refractivity contribution in [3.8, 4) is 0 Å². The molecule has 2 heterocycles. The number of nitrogens with one attached hydrogen (secondary N) is 1. The minimum absolute atomic E-state index is 0.0129. The van der Waals surface area contributed by atoms with Gasteiger partial charge in [-0.25, -0.2) is 4.98 Å². The molecule has 0 amide bonds. The van der Waals surface area contributed by atoms with Crippen LogP contribution in [0.2, 0.25) is 5.02 Å². The average molecular weight is 386 g/mol. The molecule has 0 unspecified atom stereocenters. The van der Waals surface area contributed by atoms with Gasteiger partial charge in [-0.05, 0) is 72.5 Å². The van der Waals surface area contributed by atoms with Crippen LogP contribution in [0.25, 0.3) is 16.7 Å². The molecule has 0 bridgehead atoms. The van der Waals surface area contributed by atoms with Gasteiger partial charge in [0.1, 0.15) is 0 Å². The molecule has 4 aromatic rings. The number of aryl methyl sites for hydroxylation is 2. The van der Waals surface area contributed by atoms with Crippen LogP contribution in [-0.2, 0) is 0 Å². The number of benzene rings is 3. The molecule has 0 aliphatic carbocycles. The van der Waals surface area contributed by atoms with E-state index in [0.717, 1.165) is 38.8 Å². The van der Waals surface area contributed by atoms with Gasteiger partial charge in [-0.1, -0.05) is 48.0 Å². The minimum Gasteiger partial charge on any atom is -0.325 e. The van der Waals surface area contributed by atoms with Gasteiger partial charge in [0, 0.05) is 10.7 Å². The second-order valence-electron chi connectivity index (χ2n) is 7.30. The summed E-state index contributed by atoms with van der Waals surface area (Å²) >= 11 is 6.31. The third-order valence-electron chi connectivity index (χ3n) is 5.45. The summed E-state index contributed by atoms with van der Waals surface area (Å²) in [5.41, 5.74) is 8.01. The van der Waals surface area contributed by atoms with Crippen molar-refractivity contribution in [3.63, 3.8) is 0 Å². The van der Waals surface area contributed by atoms with Crippen LogP contribution >= 0.6 is 11.6 Å². The Morgan fingerprint density at radius 1 is 0.929 bits per heavy atom. The highest BCUT2D eigenvalue weighted by molar-refractivity contribution is 6.30. The first-order chi connectivity index (χ1) is 13.6. The Morgan fingerprint density at radius 2 is 1.79 bits per heavy atom. The Bertz CT molecular complexity index is 1240. The lowest BCUT2D eigenvalue weighted by atomic mass is 9.99. The molecular formula is C24H20ClN3. The first kappa shape index (κ1) is 17.1. The summed E-state index contributed by atoms with van der Waals surface area (Å²) < 4.78 is 2.24. The van der Waals surface area contributed by atoms with Gasteiger partial charge in [-0.2, -0.15) is 0 Å². The van der Waals surface area contributed by atoms with E-state index in [1.165, 1.54) is 11.1 Å². The van der Waals surface area contributed by atoms with Crippen molar-refractivity contribution in [1.82, 2.24) is 9.55 Å². The van der Waals surface area contributed by atoms with Crippen LogP contribution in [0.4, 0.5) is 5.95 Å². The first-order valence-corrected chi connectivity index (χ1v) is 9.77. The van der Waals surface area contributed by atoms with E-state index >= 15 is 0 Å². The molecule has 138 valence electrons. The summed E-state index contributed by atoms with van der Waals surface area (Å²) in [6.45, 7) is 4.28. The summed E-state index contributed by atoms with van der Waals surface area (Å²) in [5, 5.41) is 4.28. The van der Waals surface area contributed by atoms with Gasteiger partial charge >= 0.3 is 0 Å². The number of fused-ring (bicyclic) bond motifs is 3. The summed E-state index contributed by atoms with van der Waals surface area (Å²) in [6.07, 6.45) is 2.26. The Morgan fingerprint density at radius 3 is 2.61 bits per heavy atom. The monoisotopic (exact) mass is 385 g/mol. The zero-order chi connectivity index (χ0) is 19.3. The van der Waals surface area contributed by atoms with Gasteiger partial charge in [0.15, 0.2) is 0 Å². The maximum Gasteiger partial charge on any atom is 0.209 e. The van der Waals surface area contributed by atoms with Crippen molar-refractivity contribution >= 4 is 34.3 Å². The van der Waals surface area contributed by atoms with E-state index in [1.807, 2.05) is 30.3 Å². The molecule has 1 aliphatic heterocycles. The van der Waals surface area contributed by atoms with E-state index < -0.39 is 0 Å². The predicted molar refractivity (Wildman–Crippen MR) is 117 cm³/mol. The number of hydrogen-bond donors (Lipinski definition) is 1. The van der Waals surface area contributed by atoms with Crippen molar-refractivity contribution in [3.05, 3.63) is 100 Å². The highest BCUT2D eigenvalue weighted by atomic mass is 35.5. The molecular weight excluding hydrogens is 366 g/mol. The van der Waals surface area contributed by atoms with E-state index in [9.17, 15) is 0 Å². The zero-order valence-corrected chi connectivity index (χ0v) is 16.5. The molecule has 0 saturated carbocycles. The van der Waals surface area contributed by atoms with Gasteiger partial charge in [0.2, 0.25) is 5.95 Å². The molecule has 28 heavy (non-hydrogen) atoms. The van der Waals surface area contributed by atoms with Gasteiger partial charge in [0.05, 0.1) is 17.1 Å². The lowest BCUT2D eigenvalue weighted by molar-refractivity contribution is 0.720. The molecule has 1 aromatic heterocycles. The first-order valence-electron chi connectivity index (χ1n) is 9.39. The summed E-state index contributed by atoms with van der Waals surface area (Å²) in [4.78, 5) is 4.85. The molecule has 0 spiro atoms. The Labute approximate surface area is 169 Å². The number of para-hydroxylation sites is 2. The van der Waals surface area contributed by atoms with E-state index in [4.69, 9.17) is 16.6 Å². The number of aromatic nitrogens is 2. The summed E-state index contributed by atoms with van der Waals surface area (Å²) in [6, 6.07) is 22.9. The number of anilines is 1. The predicted octanol–water partition coefficient (Wildman–Crippen LogP) is 6.36. The van der Waals surface area contributed by atoms with Crippen LogP contribution < -0.4 is 5.32 Å². The highest BCUT2D eigenvalue weighted by Gasteiger charge is 2.25. The van der Waals surface area contributed by atoms with E-state index in [1.54, 1.807) is 0 Å². The fraction of sp³-hybridized carbons (Fsp3) is 0.125. The van der Waals surface area contributed by atoms with Crippen molar-refractivity contribution < 1.29 is 0 Å². The number of hydrogen-bond acceptors (Lipinski definition) is 2. The maximum absolute atomic E-state index is 6.31. The Balaban J connectivity index is 1.72. The third kappa shape index (κ3) is 2.79. The van der Waals surface area contributed by atoms with Gasteiger partial charge < -0.3 is 5.32 Å². The van der Waals surface area contributed by atoms with Crippen LogP contribution in [0.3, 0.4) is 0 Å². The lowest BCUT2D eigenvalue weighted by Crippen LogP contribution is -2.19. The molecule has 0 fully saturated rings. The van der Waals surface area contributed by atoms with Crippen LogP contribution in [0.1, 0.15) is 28.3 Å². The van der Waals surface area contributed by atoms with Gasteiger partial charge in [0.25, 0.3) is 0 Å². The fourth-order valence-corrected chi connectivity index (χ4v) is 4.02. The Hall–Kier alpha value is -3.04. The van der Waals surface area contributed by atoms with Crippen molar-refractivity contribution in [2.45, 2.75) is 19.9 Å². The van der Waals surface area contributed by atoms with Crippen molar-refractivity contribution in [2.75, 3.05) is 5.32 Å². The van der Waals surface area contributed by atoms with Crippen molar-refractivity contribution in [1.29, 1.82) is 0 Å². The molecule has 3 aromatic carbocycles. The molecule has 1 aliphatic rings. The second-order valence-corrected chi connectivity index (χ2v) is 7.73. The topological polar surface area (TPSA) is 29.9 Å². The van der Waals surface area contributed by atoms with Gasteiger partial charge in [-0.15, -0.1) is 0 Å². The second kappa shape index (κ2) is 6.54. The van der Waals surface area contributed by atoms with E-state index in [2.05, 4.69) is 66.2 Å². The quantitative estimate of drug-likeness (QED) is 0.435. The number of allylic oxidation sites excluding steroid dienone is 1. The Kier molecular flexibility index (Phi) is 3.99. The molecule has 5 rings (SSSR count). The van der Waals surface area contributed by atoms with Crippen LogP contribution in [-0.4, -0.2) is 9.55 Å². The summed E-state index contributed by atoms with van der Waals surface area (Å²) in [7, 11) is 0. The fourth-order valence-electron chi connectivity index (χ4n) is 3.82. The summed E-state index contributed by atoms with van der Waals surface area (Å²) in [5.74, 6) is 0.849. The van der Waals surface area contributed by atoms with Crippen molar-refractivity contribution in [2.24, 2.45) is 0 Å². The van der Waals surface area contributed by atoms with E-state index in [0.29, 0.717) is 0 Å². The molecule has 1 atom stereocenters. The molecule has 0 saturated heterocycles. The van der Waals surface area contributed by atoms with Crippen LogP contribution in [0, 0.1) is 13.8 Å². The largest absolute Gasteiger partial charge is 0.325 e. The smallest absolute Gasteiger partial charge is 0.209 e. The normalized spacial score (nSPS) is 15.8. The van der Waals surface area contributed by atoms with Crippen LogP contribution in [0.5, 0.6) is 0 Å². The number of nitrogens with zero attached hydrogens (tertiary/aromatic N) is 2. The average Bonchev–Trinajstić information content (AvgIpc) is 3.08. The number of halogens is 1.